The van der Waals surface area contributed by atoms with Crippen molar-refractivity contribution in [3.8, 4) is 16.9 Å². The van der Waals surface area contributed by atoms with E-state index < -0.39 is 0 Å². The molecule has 2 fully saturated rings. The van der Waals surface area contributed by atoms with Gasteiger partial charge in [0.05, 0.1) is 11.6 Å². The lowest BCUT2D eigenvalue weighted by Crippen LogP contribution is -2.53. The van der Waals surface area contributed by atoms with Gasteiger partial charge in [-0.2, -0.15) is 0 Å². The van der Waals surface area contributed by atoms with Crippen LogP contribution < -0.4 is 10.2 Å². The number of phenolic OH excluding ortho intramolecular Hbond substituents is 1. The first kappa shape index (κ1) is 24.5. The molecular weight excluding hydrogens is 474 g/mol. The number of anilines is 1. The average Bonchev–Trinajstić information content (AvgIpc) is 3.56. The third-order valence-corrected chi connectivity index (χ3v) is 8.13. The average molecular weight is 510 g/mol. The van der Waals surface area contributed by atoms with Crippen LogP contribution in [0.1, 0.15) is 38.2 Å². The molecule has 7 nitrogen and oxygen atoms in total. The van der Waals surface area contributed by atoms with Gasteiger partial charge in [0.25, 0.3) is 0 Å². The van der Waals surface area contributed by atoms with Crippen LogP contribution in [-0.2, 0) is 4.79 Å². The molecule has 4 aromatic rings. The zero-order valence-electron chi connectivity index (χ0n) is 22.0. The smallest absolute Gasteiger partial charge is 0.231 e. The van der Waals surface area contributed by atoms with Gasteiger partial charge in [0.1, 0.15) is 11.4 Å². The Morgan fingerprint density at radius 2 is 1.76 bits per heavy atom. The molecule has 38 heavy (non-hydrogen) atoms. The van der Waals surface area contributed by atoms with Gasteiger partial charge in [0.15, 0.2) is 0 Å². The van der Waals surface area contributed by atoms with Gasteiger partial charge in [-0.3, -0.25) is 4.79 Å². The number of hydrogen-bond acceptors (Lipinski definition) is 5. The lowest BCUT2D eigenvalue weighted by molar-refractivity contribution is -0.133. The molecule has 3 N–H and O–H groups in total. The van der Waals surface area contributed by atoms with Crippen molar-refractivity contribution in [1.29, 1.82) is 0 Å². The second-order valence-corrected chi connectivity index (χ2v) is 11.2. The highest BCUT2D eigenvalue weighted by Gasteiger charge is 2.41. The topological polar surface area (TPSA) is 84.5 Å². The van der Waals surface area contributed by atoms with Gasteiger partial charge >= 0.3 is 0 Å². The van der Waals surface area contributed by atoms with E-state index in [4.69, 9.17) is 0 Å². The second-order valence-electron chi connectivity index (χ2n) is 11.2. The summed E-state index contributed by atoms with van der Waals surface area (Å²) in [7, 11) is 0. The van der Waals surface area contributed by atoms with Crippen molar-refractivity contribution in [3.05, 3.63) is 78.6 Å². The van der Waals surface area contributed by atoms with Gasteiger partial charge in [0.2, 0.25) is 5.91 Å². The molecule has 4 heterocycles. The molecule has 2 aromatic heterocycles. The summed E-state index contributed by atoms with van der Waals surface area (Å²) in [5, 5.41) is 14.7. The fraction of sp³-hybridized carbons (Fsp3) is 0.355. The third kappa shape index (κ3) is 4.63. The molecule has 0 spiro atoms. The van der Waals surface area contributed by atoms with E-state index >= 15 is 0 Å². The summed E-state index contributed by atoms with van der Waals surface area (Å²) in [5.74, 6) is 0.104. The number of piperazine rings is 1. The van der Waals surface area contributed by atoms with Crippen LogP contribution in [0, 0.1) is 0 Å². The fourth-order valence-electron chi connectivity index (χ4n) is 6.15. The number of benzene rings is 2. The van der Waals surface area contributed by atoms with E-state index in [1.54, 1.807) is 12.1 Å². The van der Waals surface area contributed by atoms with Crippen LogP contribution in [-0.4, -0.2) is 63.6 Å². The number of nitrogens with zero attached hydrogens (tertiary/aromatic N) is 3. The Balaban J connectivity index is 1.26. The third-order valence-electron chi connectivity index (χ3n) is 8.13. The van der Waals surface area contributed by atoms with Crippen LogP contribution in [0.15, 0.2) is 73.1 Å². The first-order chi connectivity index (χ1) is 18.4. The van der Waals surface area contributed by atoms with Crippen molar-refractivity contribution in [2.75, 3.05) is 31.1 Å². The molecule has 1 amide bonds. The Morgan fingerprint density at radius 1 is 1.03 bits per heavy atom. The number of fused-ring (bicyclic) bond motifs is 1. The van der Waals surface area contributed by atoms with Gasteiger partial charge in [0, 0.05) is 61.1 Å². The summed E-state index contributed by atoms with van der Waals surface area (Å²) in [6.45, 7) is 7.22. The number of H-pyrrole nitrogens is 1. The quantitative estimate of drug-likeness (QED) is 0.356. The minimum atomic E-state index is -0.277. The summed E-state index contributed by atoms with van der Waals surface area (Å²) >= 11 is 0. The molecule has 0 radical (unpaired) electrons. The molecule has 6 rings (SSSR count). The number of pyridine rings is 1. The van der Waals surface area contributed by atoms with E-state index in [1.807, 2.05) is 35.5 Å². The zero-order valence-corrected chi connectivity index (χ0v) is 22.0. The maximum absolute atomic E-state index is 14.1. The number of aromatic nitrogens is 2. The SMILES string of the molecule is CC1(C)CC[C@@H]([C@@H](C(=O)N2CCN(c3c(-c4ccccc4)cnc4[nH]ccc34)CC2)c2ccc(O)cc2)N1. The molecule has 196 valence electrons. The van der Waals surface area contributed by atoms with E-state index in [2.05, 4.69) is 64.4 Å². The standard InChI is InChI=1S/C31H35N5O2/c1-31(2)14-12-26(34-31)27(22-8-10-23(37)11-9-22)30(38)36-18-16-35(17-19-36)28-24-13-15-32-29(24)33-20-25(28)21-6-4-3-5-7-21/h3-11,13,15,20,26-27,34,37H,12,14,16-19H2,1-2H3,(H,32,33)/t26-,27-/m0/s1. The van der Waals surface area contributed by atoms with Crippen molar-refractivity contribution in [2.45, 2.75) is 44.2 Å². The van der Waals surface area contributed by atoms with Crippen molar-refractivity contribution in [3.63, 3.8) is 0 Å². The summed E-state index contributed by atoms with van der Waals surface area (Å²) in [4.78, 5) is 26.4. The Morgan fingerprint density at radius 3 is 2.45 bits per heavy atom. The number of nitrogens with one attached hydrogen (secondary N) is 2. The van der Waals surface area contributed by atoms with Crippen molar-refractivity contribution in [2.24, 2.45) is 0 Å². The summed E-state index contributed by atoms with van der Waals surface area (Å²) < 4.78 is 0. The van der Waals surface area contributed by atoms with Gasteiger partial charge in [-0.25, -0.2) is 4.98 Å². The first-order valence-electron chi connectivity index (χ1n) is 13.5. The van der Waals surface area contributed by atoms with Gasteiger partial charge in [-0.1, -0.05) is 42.5 Å². The number of rotatable bonds is 5. The first-order valence-corrected chi connectivity index (χ1v) is 13.5. The highest BCUT2D eigenvalue weighted by molar-refractivity contribution is 5.99. The summed E-state index contributed by atoms with van der Waals surface area (Å²) in [5.41, 5.74) is 5.26. The second kappa shape index (κ2) is 9.80. The number of hydrogen-bond donors (Lipinski definition) is 3. The summed E-state index contributed by atoms with van der Waals surface area (Å²) in [6.07, 6.45) is 5.88. The minimum Gasteiger partial charge on any atom is -0.508 e. The molecule has 2 aromatic carbocycles. The Bertz CT molecular complexity index is 1420. The molecular formula is C31H35N5O2. The molecule has 2 saturated heterocycles. The van der Waals surface area contributed by atoms with E-state index in [9.17, 15) is 9.90 Å². The number of carbonyl (C=O) groups is 1. The number of aromatic amines is 1. The Hall–Kier alpha value is -3.84. The number of aromatic hydroxyl groups is 1. The number of carbonyl (C=O) groups excluding carboxylic acids is 1. The van der Waals surface area contributed by atoms with Gasteiger partial charge in [-0.05, 0) is 56.0 Å². The van der Waals surface area contributed by atoms with Crippen LogP contribution in [0.25, 0.3) is 22.2 Å². The van der Waals surface area contributed by atoms with Crippen LogP contribution in [0.3, 0.4) is 0 Å². The van der Waals surface area contributed by atoms with Crippen LogP contribution in [0.2, 0.25) is 0 Å². The molecule has 0 bridgehead atoms. The summed E-state index contributed by atoms with van der Waals surface area (Å²) in [6, 6.07) is 19.7. The molecule has 0 unspecified atom stereocenters. The monoisotopic (exact) mass is 509 g/mol. The van der Waals surface area contributed by atoms with E-state index in [0.29, 0.717) is 13.1 Å². The lowest BCUT2D eigenvalue weighted by Gasteiger charge is -2.39. The predicted molar refractivity (Wildman–Crippen MR) is 151 cm³/mol. The van der Waals surface area contributed by atoms with Crippen LogP contribution in [0.5, 0.6) is 5.75 Å². The Kier molecular flexibility index (Phi) is 6.32. The normalized spacial score (nSPS) is 20.1. The van der Waals surface area contributed by atoms with Crippen LogP contribution >= 0.6 is 0 Å². The number of amides is 1. The fourth-order valence-corrected chi connectivity index (χ4v) is 6.15. The zero-order chi connectivity index (χ0) is 26.3. The van der Waals surface area contributed by atoms with Crippen LogP contribution in [0.4, 0.5) is 5.69 Å². The largest absolute Gasteiger partial charge is 0.508 e. The van der Waals surface area contributed by atoms with Crippen molar-refractivity contribution < 1.29 is 9.90 Å². The highest BCUT2D eigenvalue weighted by Crippen LogP contribution is 2.38. The van der Waals surface area contributed by atoms with Crippen molar-refractivity contribution in [1.82, 2.24) is 20.2 Å². The molecule has 7 heteroatoms. The maximum atomic E-state index is 14.1. The molecule has 2 aliphatic heterocycles. The predicted octanol–water partition coefficient (Wildman–Crippen LogP) is 4.90. The van der Waals surface area contributed by atoms with E-state index in [1.165, 1.54) is 5.69 Å². The molecule has 0 aliphatic carbocycles. The molecule has 0 saturated carbocycles. The molecule has 2 atom stereocenters. The lowest BCUT2D eigenvalue weighted by atomic mass is 9.88. The van der Waals surface area contributed by atoms with Gasteiger partial charge < -0.3 is 25.2 Å². The minimum absolute atomic E-state index is 0.00985. The molecule has 2 aliphatic rings. The van der Waals surface area contributed by atoms with E-state index in [-0.39, 0.29) is 29.2 Å². The Labute approximate surface area is 223 Å². The van der Waals surface area contributed by atoms with Crippen molar-refractivity contribution >= 4 is 22.6 Å². The number of phenols is 1. The van der Waals surface area contributed by atoms with Gasteiger partial charge in [-0.15, -0.1) is 0 Å². The maximum Gasteiger partial charge on any atom is 0.231 e. The highest BCUT2D eigenvalue weighted by atomic mass is 16.3. The van der Waals surface area contributed by atoms with E-state index in [0.717, 1.165) is 53.7 Å².